The minimum atomic E-state index is -1.29. The highest BCUT2D eigenvalue weighted by Crippen LogP contribution is 2.34. The van der Waals surface area contributed by atoms with Gasteiger partial charge in [0.15, 0.2) is 0 Å². The van der Waals surface area contributed by atoms with Gasteiger partial charge in [-0.1, -0.05) is 18.2 Å². The van der Waals surface area contributed by atoms with Crippen molar-refractivity contribution in [2.75, 3.05) is 12.4 Å². The van der Waals surface area contributed by atoms with Crippen LogP contribution in [0.25, 0.3) is 0 Å². The lowest BCUT2D eigenvalue weighted by Crippen LogP contribution is -2.31. The molecule has 0 saturated heterocycles. The van der Waals surface area contributed by atoms with E-state index in [0.29, 0.717) is 0 Å². The predicted octanol–water partition coefficient (Wildman–Crippen LogP) is 4.47. The van der Waals surface area contributed by atoms with Crippen LogP contribution in [0.15, 0.2) is 24.3 Å². The topological polar surface area (TPSA) is 73.9 Å². The molecule has 1 aromatic rings. The fourth-order valence-corrected chi connectivity index (χ4v) is 2.80. The maximum Gasteiger partial charge on any atom is 0.412 e. The summed E-state index contributed by atoms with van der Waals surface area (Å²) in [5.41, 5.74) is 0.103. The summed E-state index contributed by atoms with van der Waals surface area (Å²) in [6.45, 7) is 5.07. The highest BCUT2D eigenvalue weighted by molar-refractivity contribution is 6.32. The Kier molecular flexibility index (Phi) is 6.85. The smallest absolute Gasteiger partial charge is 0.412 e. The summed E-state index contributed by atoms with van der Waals surface area (Å²) < 4.78 is 29.4. The number of esters is 1. The lowest BCUT2D eigenvalue weighted by Gasteiger charge is -2.18. The summed E-state index contributed by atoms with van der Waals surface area (Å²) in [7, 11) is 1.16. The number of ether oxygens (including phenoxy) is 3. The molecule has 2 rings (SSSR count). The summed E-state index contributed by atoms with van der Waals surface area (Å²) in [5.74, 6) is -1.26. The maximum absolute atomic E-state index is 14.1. The second kappa shape index (κ2) is 8.89. The third-order valence-electron chi connectivity index (χ3n) is 3.94. The number of carbonyl (C=O) groups is 2. The molecule has 1 unspecified atom stereocenters. The van der Waals surface area contributed by atoms with Gasteiger partial charge in [-0.05, 0) is 44.2 Å². The van der Waals surface area contributed by atoms with Crippen LogP contribution < -0.4 is 10.1 Å². The second-order valence-electron chi connectivity index (χ2n) is 6.07. The number of methoxy groups -OCH3 is 1. The summed E-state index contributed by atoms with van der Waals surface area (Å²) >= 11 is 6.02. The van der Waals surface area contributed by atoms with E-state index in [1.807, 2.05) is 0 Å². The first-order chi connectivity index (χ1) is 12.3. The molecule has 1 N–H and O–H groups in total. The normalized spacial score (nSPS) is 15.2. The molecule has 0 bridgehead atoms. The summed E-state index contributed by atoms with van der Waals surface area (Å²) in [6.07, 6.45) is 1.63. The molecule has 6 nitrogen and oxygen atoms in total. The predicted molar refractivity (Wildman–Crippen MR) is 95.0 cm³/mol. The average Bonchev–Trinajstić information content (AvgIpc) is 3.09. The molecule has 0 radical (unpaired) electrons. The fraction of sp³-hybridized carbons (Fsp3) is 0.444. The van der Waals surface area contributed by atoms with E-state index in [1.165, 1.54) is 13.0 Å². The number of benzene rings is 1. The molecule has 1 aliphatic carbocycles. The van der Waals surface area contributed by atoms with Crippen LogP contribution in [0.5, 0.6) is 5.75 Å². The van der Waals surface area contributed by atoms with Gasteiger partial charge < -0.3 is 14.2 Å². The van der Waals surface area contributed by atoms with E-state index in [0.717, 1.165) is 38.9 Å². The van der Waals surface area contributed by atoms with Crippen molar-refractivity contribution < 1.29 is 28.2 Å². The lowest BCUT2D eigenvalue weighted by molar-refractivity contribution is -0.148. The van der Waals surface area contributed by atoms with Gasteiger partial charge in [-0.25, -0.2) is 14.0 Å². The molecule has 1 aliphatic rings. The average molecular weight is 386 g/mol. The van der Waals surface area contributed by atoms with Gasteiger partial charge in [-0.15, -0.1) is 0 Å². The Morgan fingerprint density at radius 1 is 1.35 bits per heavy atom. The van der Waals surface area contributed by atoms with Gasteiger partial charge in [0.05, 0.1) is 23.9 Å². The van der Waals surface area contributed by atoms with Crippen LogP contribution in [-0.2, 0) is 14.3 Å². The Labute approximate surface area is 156 Å². The van der Waals surface area contributed by atoms with Crippen LogP contribution in [0, 0.1) is 5.82 Å². The van der Waals surface area contributed by atoms with Crippen molar-refractivity contribution in [3.8, 4) is 5.75 Å². The molecule has 26 heavy (non-hydrogen) atoms. The number of halogens is 2. The van der Waals surface area contributed by atoms with E-state index >= 15 is 0 Å². The molecule has 1 atom stereocenters. The van der Waals surface area contributed by atoms with E-state index in [-0.39, 0.29) is 28.1 Å². The van der Waals surface area contributed by atoms with Gasteiger partial charge in [-0.2, -0.15) is 0 Å². The fourth-order valence-electron chi connectivity index (χ4n) is 2.60. The molecule has 142 valence electrons. The van der Waals surface area contributed by atoms with Crippen molar-refractivity contribution in [1.29, 1.82) is 0 Å². The summed E-state index contributed by atoms with van der Waals surface area (Å²) in [6, 6.07) is 2.35. The minimum absolute atomic E-state index is 0.0184. The minimum Gasteiger partial charge on any atom is -0.489 e. The number of rotatable bonds is 6. The molecule has 0 spiro atoms. The highest BCUT2D eigenvalue weighted by Gasteiger charge is 2.25. The summed E-state index contributed by atoms with van der Waals surface area (Å²) in [4.78, 5) is 23.6. The second-order valence-corrected chi connectivity index (χ2v) is 6.47. The van der Waals surface area contributed by atoms with Crippen LogP contribution in [0.4, 0.5) is 14.9 Å². The first kappa shape index (κ1) is 20.0. The number of nitrogens with one attached hydrogen (secondary N) is 1. The van der Waals surface area contributed by atoms with E-state index in [1.54, 1.807) is 0 Å². The first-order valence-electron chi connectivity index (χ1n) is 8.18. The van der Waals surface area contributed by atoms with Crippen molar-refractivity contribution >= 4 is 29.4 Å². The largest absolute Gasteiger partial charge is 0.489 e. The molecule has 0 aliphatic heterocycles. The number of anilines is 1. The van der Waals surface area contributed by atoms with Gasteiger partial charge >= 0.3 is 12.1 Å². The molecule has 1 amide bonds. The maximum atomic E-state index is 14.1. The van der Waals surface area contributed by atoms with E-state index in [9.17, 15) is 14.0 Å². The Morgan fingerprint density at radius 3 is 2.58 bits per heavy atom. The molecule has 1 fully saturated rings. The quantitative estimate of drug-likeness (QED) is 0.577. The number of amides is 1. The Balaban J connectivity index is 2.10. The monoisotopic (exact) mass is 385 g/mol. The SMILES string of the molecule is C=C(C)C(OC(=O)Nc1cc(OC2CCCC2)c(Cl)cc1F)C(=O)OC. The molecule has 1 aromatic carbocycles. The zero-order chi connectivity index (χ0) is 19.3. The zero-order valence-corrected chi connectivity index (χ0v) is 15.4. The number of hydrogen-bond acceptors (Lipinski definition) is 5. The number of hydrogen-bond donors (Lipinski definition) is 1. The molecular weight excluding hydrogens is 365 g/mol. The summed E-state index contributed by atoms with van der Waals surface area (Å²) in [5, 5.41) is 2.36. The van der Waals surface area contributed by atoms with Gasteiger partial charge in [0, 0.05) is 6.07 Å². The van der Waals surface area contributed by atoms with Crippen molar-refractivity contribution in [1.82, 2.24) is 0 Å². The highest BCUT2D eigenvalue weighted by atomic mass is 35.5. The lowest BCUT2D eigenvalue weighted by atomic mass is 10.2. The van der Waals surface area contributed by atoms with E-state index < -0.39 is 24.0 Å². The van der Waals surface area contributed by atoms with Gasteiger partial charge in [0.1, 0.15) is 11.6 Å². The van der Waals surface area contributed by atoms with Gasteiger partial charge in [0.2, 0.25) is 6.10 Å². The third-order valence-corrected chi connectivity index (χ3v) is 4.24. The standard InChI is InChI=1S/C18H21ClFNO5/c1-10(2)16(17(22)24-3)26-18(23)21-14-9-15(12(19)8-13(14)20)25-11-6-4-5-7-11/h8-9,11,16H,1,4-7H2,2-3H3,(H,21,23). The molecule has 1 saturated carbocycles. The van der Waals surface area contributed by atoms with Crippen LogP contribution >= 0.6 is 11.6 Å². The zero-order valence-electron chi connectivity index (χ0n) is 14.6. The Bertz CT molecular complexity index is 703. The molecular formula is C18H21ClFNO5. The van der Waals surface area contributed by atoms with Crippen molar-refractivity contribution in [3.63, 3.8) is 0 Å². The third kappa shape index (κ3) is 5.11. The van der Waals surface area contributed by atoms with Crippen molar-refractivity contribution in [3.05, 3.63) is 35.1 Å². The van der Waals surface area contributed by atoms with E-state index in [2.05, 4.69) is 16.6 Å². The van der Waals surface area contributed by atoms with Crippen molar-refractivity contribution in [2.24, 2.45) is 0 Å². The van der Waals surface area contributed by atoms with Crippen LogP contribution in [0.1, 0.15) is 32.6 Å². The Hall–Kier alpha value is -2.28. The van der Waals surface area contributed by atoms with Crippen LogP contribution in [0.3, 0.4) is 0 Å². The van der Waals surface area contributed by atoms with Gasteiger partial charge in [-0.3, -0.25) is 5.32 Å². The van der Waals surface area contributed by atoms with E-state index in [4.69, 9.17) is 21.1 Å². The van der Waals surface area contributed by atoms with Crippen molar-refractivity contribution in [2.45, 2.75) is 44.8 Å². The molecule has 0 heterocycles. The molecule has 8 heteroatoms. The Morgan fingerprint density at radius 2 is 2.00 bits per heavy atom. The van der Waals surface area contributed by atoms with Crippen LogP contribution in [0.2, 0.25) is 5.02 Å². The first-order valence-corrected chi connectivity index (χ1v) is 8.56. The number of carbonyl (C=O) groups excluding carboxylic acids is 2. The molecule has 0 aromatic heterocycles. The van der Waals surface area contributed by atoms with Crippen LogP contribution in [-0.4, -0.2) is 31.4 Å². The van der Waals surface area contributed by atoms with Gasteiger partial charge in [0.25, 0.3) is 0 Å².